The number of nitrogens with zero attached hydrogens (tertiary/aromatic N) is 1. The Morgan fingerprint density at radius 3 is 2.74 bits per heavy atom. The third-order valence-electron chi connectivity index (χ3n) is 3.91. The van der Waals surface area contributed by atoms with Crippen molar-refractivity contribution in [3.05, 3.63) is 0 Å². The normalized spacial score (nSPS) is 26.1. The first-order valence-corrected chi connectivity index (χ1v) is 9.23. The van der Waals surface area contributed by atoms with Gasteiger partial charge in [-0.3, -0.25) is 0 Å². The highest BCUT2D eigenvalue weighted by Crippen LogP contribution is 2.09. The van der Waals surface area contributed by atoms with Gasteiger partial charge in [0.2, 0.25) is 0 Å². The molecular formula is C13H26N2O3S. The van der Waals surface area contributed by atoms with E-state index in [4.69, 9.17) is 4.74 Å². The lowest BCUT2D eigenvalue weighted by Gasteiger charge is -2.24. The Labute approximate surface area is 116 Å². The molecule has 0 aromatic carbocycles. The van der Waals surface area contributed by atoms with Crippen LogP contribution in [-0.2, 0) is 14.6 Å². The number of piperidine rings is 1. The van der Waals surface area contributed by atoms with Gasteiger partial charge >= 0.3 is 0 Å². The monoisotopic (exact) mass is 290 g/mol. The first kappa shape index (κ1) is 15.2. The minimum Gasteiger partial charge on any atom is -0.378 e. The topological polar surface area (TPSA) is 58.6 Å². The van der Waals surface area contributed by atoms with Crippen molar-refractivity contribution in [1.29, 1.82) is 0 Å². The van der Waals surface area contributed by atoms with Crippen LogP contribution in [0, 0.1) is 0 Å². The van der Waals surface area contributed by atoms with Crippen LogP contribution in [0.4, 0.5) is 0 Å². The molecule has 2 fully saturated rings. The van der Waals surface area contributed by atoms with Crippen molar-refractivity contribution >= 4 is 9.84 Å². The molecule has 112 valence electrons. The molecule has 2 rings (SSSR count). The third-order valence-corrected chi connectivity index (χ3v) is 5.62. The molecule has 5 nitrogen and oxygen atoms in total. The van der Waals surface area contributed by atoms with E-state index in [9.17, 15) is 8.42 Å². The SMILES string of the molecule is O=S1(=O)CCCN(CCCOC2CCNCC2)CC1. The average Bonchev–Trinajstić information content (AvgIpc) is 2.57. The van der Waals surface area contributed by atoms with Gasteiger partial charge in [0.15, 0.2) is 9.84 Å². The lowest BCUT2D eigenvalue weighted by Crippen LogP contribution is -2.33. The summed E-state index contributed by atoms with van der Waals surface area (Å²) >= 11 is 0. The van der Waals surface area contributed by atoms with Gasteiger partial charge in [0.1, 0.15) is 0 Å². The van der Waals surface area contributed by atoms with Crippen molar-refractivity contribution in [3.8, 4) is 0 Å². The van der Waals surface area contributed by atoms with E-state index in [1.54, 1.807) is 0 Å². The molecule has 0 spiro atoms. The maximum atomic E-state index is 11.5. The lowest BCUT2D eigenvalue weighted by molar-refractivity contribution is 0.0280. The van der Waals surface area contributed by atoms with Crippen molar-refractivity contribution in [1.82, 2.24) is 10.2 Å². The fraction of sp³-hybridized carbons (Fsp3) is 1.00. The van der Waals surface area contributed by atoms with Crippen LogP contribution in [0.25, 0.3) is 0 Å². The molecule has 0 radical (unpaired) electrons. The Hall–Kier alpha value is -0.170. The molecule has 2 saturated heterocycles. The second kappa shape index (κ2) is 7.57. The zero-order valence-corrected chi connectivity index (χ0v) is 12.5. The van der Waals surface area contributed by atoms with Gasteiger partial charge < -0.3 is 15.0 Å². The summed E-state index contributed by atoms with van der Waals surface area (Å²) in [5.41, 5.74) is 0. The molecule has 6 heteroatoms. The van der Waals surface area contributed by atoms with Crippen LogP contribution in [0.3, 0.4) is 0 Å². The fourth-order valence-electron chi connectivity index (χ4n) is 2.71. The first-order chi connectivity index (χ1) is 9.16. The predicted molar refractivity (Wildman–Crippen MR) is 76.2 cm³/mol. The molecular weight excluding hydrogens is 264 g/mol. The maximum absolute atomic E-state index is 11.5. The van der Waals surface area contributed by atoms with Gasteiger partial charge in [0, 0.05) is 19.7 Å². The van der Waals surface area contributed by atoms with E-state index < -0.39 is 9.84 Å². The minimum atomic E-state index is -2.78. The summed E-state index contributed by atoms with van der Waals surface area (Å²) < 4.78 is 28.9. The molecule has 0 saturated carbocycles. The van der Waals surface area contributed by atoms with Crippen LogP contribution in [-0.4, -0.2) is 70.3 Å². The second-order valence-electron chi connectivity index (χ2n) is 5.52. The van der Waals surface area contributed by atoms with Crippen LogP contribution in [0.2, 0.25) is 0 Å². The van der Waals surface area contributed by atoms with Gasteiger partial charge in [-0.25, -0.2) is 8.42 Å². The average molecular weight is 290 g/mol. The fourth-order valence-corrected chi connectivity index (χ4v) is 4.02. The van der Waals surface area contributed by atoms with Crippen LogP contribution < -0.4 is 5.32 Å². The summed E-state index contributed by atoms with van der Waals surface area (Å²) in [6.45, 7) is 5.49. The van der Waals surface area contributed by atoms with Crippen molar-refractivity contribution in [2.45, 2.75) is 31.8 Å². The number of rotatable bonds is 5. The van der Waals surface area contributed by atoms with Crippen molar-refractivity contribution in [3.63, 3.8) is 0 Å². The van der Waals surface area contributed by atoms with E-state index >= 15 is 0 Å². The van der Waals surface area contributed by atoms with Crippen molar-refractivity contribution in [2.24, 2.45) is 0 Å². The van der Waals surface area contributed by atoms with Gasteiger partial charge in [0.25, 0.3) is 0 Å². The van der Waals surface area contributed by atoms with E-state index in [1.165, 1.54) is 0 Å². The molecule has 2 heterocycles. The van der Waals surface area contributed by atoms with Gasteiger partial charge in [-0.05, 0) is 45.3 Å². The van der Waals surface area contributed by atoms with Crippen molar-refractivity contribution in [2.75, 3.05) is 50.8 Å². The number of hydrogen-bond donors (Lipinski definition) is 1. The van der Waals surface area contributed by atoms with E-state index in [1.807, 2.05) is 0 Å². The summed E-state index contributed by atoms with van der Waals surface area (Å²) in [5, 5.41) is 3.33. The molecule has 1 N–H and O–H groups in total. The first-order valence-electron chi connectivity index (χ1n) is 7.41. The summed E-state index contributed by atoms with van der Waals surface area (Å²) in [6.07, 6.45) is 4.43. The molecule has 0 amide bonds. The number of nitrogens with one attached hydrogen (secondary N) is 1. The third kappa shape index (κ3) is 5.77. The molecule has 0 atom stereocenters. The van der Waals surface area contributed by atoms with E-state index in [2.05, 4.69) is 10.2 Å². The number of sulfone groups is 1. The Morgan fingerprint density at radius 2 is 1.95 bits per heavy atom. The highest BCUT2D eigenvalue weighted by Gasteiger charge is 2.19. The van der Waals surface area contributed by atoms with Gasteiger partial charge in [-0.15, -0.1) is 0 Å². The molecule has 0 aromatic heterocycles. The Balaban J connectivity index is 1.57. The van der Waals surface area contributed by atoms with Crippen LogP contribution in [0.5, 0.6) is 0 Å². The van der Waals surface area contributed by atoms with Gasteiger partial charge in [-0.1, -0.05) is 0 Å². The highest BCUT2D eigenvalue weighted by atomic mass is 32.2. The Bertz CT molecular complexity index is 353. The molecule has 0 unspecified atom stereocenters. The molecule has 19 heavy (non-hydrogen) atoms. The van der Waals surface area contributed by atoms with Crippen LogP contribution in [0.15, 0.2) is 0 Å². The smallest absolute Gasteiger partial charge is 0.151 e. The zero-order valence-electron chi connectivity index (χ0n) is 11.6. The number of hydrogen-bond acceptors (Lipinski definition) is 5. The summed E-state index contributed by atoms with van der Waals surface area (Å²) in [5.74, 6) is 0.678. The Kier molecular flexibility index (Phi) is 6.06. The minimum absolute atomic E-state index is 0.322. The number of ether oxygens (including phenoxy) is 1. The molecule has 0 bridgehead atoms. The highest BCUT2D eigenvalue weighted by molar-refractivity contribution is 7.91. The maximum Gasteiger partial charge on any atom is 0.151 e. The quantitative estimate of drug-likeness (QED) is 0.736. The molecule has 2 aliphatic rings. The Morgan fingerprint density at radius 1 is 1.16 bits per heavy atom. The molecule has 2 aliphatic heterocycles. The summed E-state index contributed by atoms with van der Waals surface area (Å²) in [4.78, 5) is 2.26. The van der Waals surface area contributed by atoms with E-state index in [-0.39, 0.29) is 0 Å². The van der Waals surface area contributed by atoms with E-state index in [0.29, 0.717) is 24.2 Å². The zero-order chi connectivity index (χ0) is 13.6. The van der Waals surface area contributed by atoms with Gasteiger partial charge in [-0.2, -0.15) is 0 Å². The largest absolute Gasteiger partial charge is 0.378 e. The van der Waals surface area contributed by atoms with E-state index in [0.717, 1.165) is 58.5 Å². The van der Waals surface area contributed by atoms with Gasteiger partial charge in [0.05, 0.1) is 17.6 Å². The predicted octanol–water partition coefficient (Wildman–Crippen LogP) is 0.266. The van der Waals surface area contributed by atoms with Crippen molar-refractivity contribution < 1.29 is 13.2 Å². The summed E-state index contributed by atoms with van der Waals surface area (Å²) in [7, 11) is -2.78. The van der Waals surface area contributed by atoms with Crippen LogP contribution in [0.1, 0.15) is 25.7 Å². The molecule has 0 aromatic rings. The summed E-state index contributed by atoms with van der Waals surface area (Å²) in [6, 6.07) is 0. The standard InChI is InChI=1S/C13H26N2O3S/c16-19(17)11-2-8-15(9-12-19)7-1-10-18-13-3-5-14-6-4-13/h13-14H,1-12H2. The molecule has 0 aliphatic carbocycles. The van der Waals surface area contributed by atoms with Crippen LogP contribution >= 0.6 is 0 Å². The lowest BCUT2D eigenvalue weighted by atomic mass is 10.1. The second-order valence-corrected chi connectivity index (χ2v) is 7.82.